The normalized spacial score (nSPS) is 15.7. The number of sulfone groups is 1. The van der Waals surface area contributed by atoms with E-state index in [0.29, 0.717) is 31.3 Å². The van der Waals surface area contributed by atoms with Crippen molar-refractivity contribution in [2.75, 3.05) is 35.6 Å². The molecule has 0 saturated carbocycles. The average Bonchev–Trinajstić information content (AvgIpc) is 3.14. The highest BCUT2D eigenvalue weighted by atomic mass is 32.2. The van der Waals surface area contributed by atoms with Crippen LogP contribution in [0.3, 0.4) is 0 Å². The SMILES string of the molecule is Nc1cccc(NC(=O)c2nc(C[NH+]3CCS(=O)(=O)CC3)c3ccccn23)n1.O=C([O-])C(F)(F)F. The number of fused-ring (bicyclic) bond motifs is 1. The zero-order valence-corrected chi connectivity index (χ0v) is 18.9. The Hall–Kier alpha value is -3.72. The van der Waals surface area contributed by atoms with Gasteiger partial charge in [0, 0.05) is 6.20 Å². The van der Waals surface area contributed by atoms with Crippen LogP contribution in [0.2, 0.25) is 0 Å². The van der Waals surface area contributed by atoms with Gasteiger partial charge in [0.1, 0.15) is 29.8 Å². The quantitative estimate of drug-likeness (QED) is 0.386. The molecule has 0 atom stereocenters. The third-order valence-electron chi connectivity index (χ3n) is 5.02. The van der Waals surface area contributed by atoms with E-state index in [0.717, 1.165) is 16.1 Å². The van der Waals surface area contributed by atoms with E-state index in [1.807, 2.05) is 18.2 Å². The molecule has 0 radical (unpaired) electrons. The lowest BCUT2D eigenvalue weighted by molar-refractivity contribution is -0.910. The number of anilines is 2. The fraction of sp³-hybridized carbons (Fsp3) is 0.300. The van der Waals surface area contributed by atoms with Crippen molar-refractivity contribution in [2.45, 2.75) is 12.7 Å². The van der Waals surface area contributed by atoms with Gasteiger partial charge in [-0.2, -0.15) is 13.2 Å². The van der Waals surface area contributed by atoms with Crippen LogP contribution in [-0.2, 0) is 21.2 Å². The summed E-state index contributed by atoms with van der Waals surface area (Å²) < 4.78 is 56.6. The Bertz CT molecular complexity index is 1330. The van der Waals surface area contributed by atoms with Gasteiger partial charge >= 0.3 is 6.18 Å². The number of amides is 1. The van der Waals surface area contributed by atoms with Crippen molar-refractivity contribution in [1.29, 1.82) is 0 Å². The smallest absolute Gasteiger partial charge is 0.430 e. The Balaban J connectivity index is 0.000000429. The Morgan fingerprint density at radius 2 is 1.77 bits per heavy atom. The first kappa shape index (κ1) is 25.9. The van der Waals surface area contributed by atoms with Gasteiger partial charge in [-0.05, 0) is 24.3 Å². The van der Waals surface area contributed by atoms with Crippen LogP contribution in [0, 0.1) is 0 Å². The maximum Gasteiger partial charge on any atom is 0.430 e. The number of nitrogens with one attached hydrogen (secondary N) is 2. The first-order valence-corrected chi connectivity index (χ1v) is 12.0. The molecule has 0 spiro atoms. The molecular formula is C20H21F3N6O5S. The van der Waals surface area contributed by atoms with E-state index in [-0.39, 0.29) is 23.2 Å². The molecule has 188 valence electrons. The predicted octanol–water partition coefficient (Wildman–Crippen LogP) is -1.32. The van der Waals surface area contributed by atoms with E-state index in [9.17, 15) is 26.4 Å². The average molecular weight is 514 g/mol. The van der Waals surface area contributed by atoms with Crippen molar-refractivity contribution >= 4 is 38.9 Å². The number of quaternary nitrogens is 1. The molecule has 1 saturated heterocycles. The van der Waals surface area contributed by atoms with E-state index in [2.05, 4.69) is 15.3 Å². The standard InChI is InChI=1S/C18H20N6O3S.C2HF3O2/c19-15-5-3-6-16(21-15)22-18(25)17-20-13(14-4-1-2-7-24(14)17)12-23-8-10-28(26,27)11-9-23;3-2(4,5)1(6)7/h1-7H,8-12H2,(H3,19,21,22,25);(H,6,7). The van der Waals surface area contributed by atoms with Crippen LogP contribution in [0.15, 0.2) is 42.6 Å². The van der Waals surface area contributed by atoms with Crippen LogP contribution >= 0.6 is 0 Å². The van der Waals surface area contributed by atoms with E-state index in [1.165, 1.54) is 0 Å². The molecule has 11 nitrogen and oxygen atoms in total. The largest absolute Gasteiger partial charge is 0.542 e. The monoisotopic (exact) mass is 514 g/mol. The summed E-state index contributed by atoms with van der Waals surface area (Å²) in [6.07, 6.45) is -3.41. The van der Waals surface area contributed by atoms with Crippen LogP contribution in [0.25, 0.3) is 5.52 Å². The van der Waals surface area contributed by atoms with E-state index in [1.54, 1.807) is 28.8 Å². The van der Waals surface area contributed by atoms with E-state index >= 15 is 0 Å². The number of aliphatic carboxylic acids is 1. The fourth-order valence-electron chi connectivity index (χ4n) is 3.33. The van der Waals surface area contributed by atoms with Crippen LogP contribution in [0.5, 0.6) is 0 Å². The number of halogens is 3. The van der Waals surface area contributed by atoms with Crippen LogP contribution in [0.1, 0.15) is 16.3 Å². The number of carboxylic acids is 1. The van der Waals surface area contributed by atoms with Gasteiger partial charge in [0.15, 0.2) is 9.84 Å². The van der Waals surface area contributed by atoms with Gasteiger partial charge in [0.2, 0.25) is 5.82 Å². The van der Waals surface area contributed by atoms with Gasteiger partial charge in [-0.25, -0.2) is 18.4 Å². The van der Waals surface area contributed by atoms with E-state index in [4.69, 9.17) is 15.6 Å². The number of nitrogens with two attached hydrogens (primary N) is 1. The Kier molecular flexibility index (Phi) is 7.60. The van der Waals surface area contributed by atoms with Crippen molar-refractivity contribution in [1.82, 2.24) is 14.4 Å². The predicted molar refractivity (Wildman–Crippen MR) is 116 cm³/mol. The van der Waals surface area contributed by atoms with Crippen molar-refractivity contribution in [3.63, 3.8) is 0 Å². The third-order valence-corrected chi connectivity index (χ3v) is 6.67. The summed E-state index contributed by atoms with van der Waals surface area (Å²) in [7, 11) is -2.92. The number of carbonyl (C=O) groups is 2. The number of nitrogens with zero attached hydrogens (tertiary/aromatic N) is 3. The Labute approximate surface area is 197 Å². The minimum Gasteiger partial charge on any atom is -0.542 e. The van der Waals surface area contributed by atoms with Crippen molar-refractivity contribution in [3.05, 3.63) is 54.1 Å². The van der Waals surface area contributed by atoms with Crippen LogP contribution in [0.4, 0.5) is 24.8 Å². The van der Waals surface area contributed by atoms with Crippen molar-refractivity contribution in [2.24, 2.45) is 0 Å². The molecule has 1 aliphatic rings. The first-order valence-electron chi connectivity index (χ1n) is 10.2. The number of carbonyl (C=O) groups excluding carboxylic acids is 2. The maximum absolute atomic E-state index is 12.8. The molecule has 0 unspecified atom stereocenters. The van der Waals surface area contributed by atoms with Gasteiger partial charge in [0.05, 0.1) is 30.1 Å². The number of alkyl halides is 3. The van der Waals surface area contributed by atoms with Gasteiger partial charge < -0.3 is 25.9 Å². The molecule has 4 heterocycles. The van der Waals surface area contributed by atoms with Gasteiger partial charge in [0.25, 0.3) is 5.91 Å². The summed E-state index contributed by atoms with van der Waals surface area (Å²) in [5, 5.41) is 11.5. The minimum atomic E-state index is -5.19. The summed E-state index contributed by atoms with van der Waals surface area (Å²) in [6, 6.07) is 10.6. The molecule has 35 heavy (non-hydrogen) atoms. The first-order chi connectivity index (χ1) is 16.4. The minimum absolute atomic E-state index is 0.183. The van der Waals surface area contributed by atoms with Gasteiger partial charge in [-0.3, -0.25) is 9.20 Å². The Morgan fingerprint density at radius 1 is 1.11 bits per heavy atom. The molecule has 1 aliphatic heterocycles. The number of rotatable bonds is 4. The molecule has 0 aromatic carbocycles. The lowest BCUT2D eigenvalue weighted by atomic mass is 10.3. The molecule has 1 fully saturated rings. The third kappa shape index (κ3) is 6.89. The highest BCUT2D eigenvalue weighted by molar-refractivity contribution is 7.91. The number of nitrogen functional groups attached to an aromatic ring is 1. The summed E-state index contributed by atoms with van der Waals surface area (Å²) in [4.78, 5) is 31.3. The van der Waals surface area contributed by atoms with E-state index < -0.39 is 22.0 Å². The summed E-state index contributed by atoms with van der Waals surface area (Å²) >= 11 is 0. The zero-order valence-electron chi connectivity index (χ0n) is 18.1. The highest BCUT2D eigenvalue weighted by Gasteiger charge is 2.29. The molecule has 4 rings (SSSR count). The molecule has 3 aromatic rings. The molecule has 1 amide bonds. The van der Waals surface area contributed by atoms with Crippen LogP contribution in [-0.4, -0.2) is 65.4 Å². The Morgan fingerprint density at radius 3 is 2.37 bits per heavy atom. The lowest BCUT2D eigenvalue weighted by Crippen LogP contribution is -3.13. The van der Waals surface area contributed by atoms with Gasteiger partial charge in [-0.15, -0.1) is 0 Å². The van der Waals surface area contributed by atoms with Gasteiger partial charge in [-0.1, -0.05) is 12.1 Å². The number of carboxylic acid groups (broad SMARTS) is 1. The topological polar surface area (TPSA) is 164 Å². The van der Waals surface area contributed by atoms with Crippen molar-refractivity contribution < 1.29 is 41.2 Å². The second-order valence-corrected chi connectivity index (χ2v) is 9.91. The lowest BCUT2D eigenvalue weighted by Gasteiger charge is -2.22. The second-order valence-electron chi connectivity index (χ2n) is 7.60. The highest BCUT2D eigenvalue weighted by Crippen LogP contribution is 2.15. The molecule has 0 bridgehead atoms. The maximum atomic E-state index is 12.8. The summed E-state index contributed by atoms with van der Waals surface area (Å²) in [5.41, 5.74) is 7.25. The molecule has 15 heteroatoms. The molecule has 3 aromatic heterocycles. The van der Waals surface area contributed by atoms with Crippen molar-refractivity contribution in [3.8, 4) is 0 Å². The number of hydrogen-bond donors (Lipinski definition) is 3. The second kappa shape index (κ2) is 10.3. The number of aromatic nitrogens is 3. The summed E-state index contributed by atoms with van der Waals surface area (Å²) in [5.74, 6) is -2.11. The number of imidazole rings is 1. The summed E-state index contributed by atoms with van der Waals surface area (Å²) in [6.45, 7) is 1.65. The molecule has 0 aliphatic carbocycles. The number of pyridine rings is 2. The zero-order chi connectivity index (χ0) is 25.8. The molecule has 4 N–H and O–H groups in total. The fourth-order valence-corrected chi connectivity index (χ4v) is 4.73. The molecular weight excluding hydrogens is 493 g/mol. The van der Waals surface area contributed by atoms with Crippen LogP contribution < -0.4 is 21.1 Å². The number of hydrogen-bond acceptors (Lipinski definition) is 8.